The van der Waals surface area contributed by atoms with Crippen LogP contribution in [0.25, 0.3) is 0 Å². The summed E-state index contributed by atoms with van der Waals surface area (Å²) in [6.45, 7) is 2.75. The minimum Gasteiger partial charge on any atom is -0.381 e. The minimum atomic E-state index is -3.37. The molecular formula is C13H21N3O2S. The molecule has 0 aliphatic heterocycles. The first kappa shape index (κ1) is 14.3. The normalized spacial score (nSPS) is 17.2. The van der Waals surface area contributed by atoms with Gasteiger partial charge < -0.3 is 11.1 Å². The molecule has 2 rings (SSSR count). The van der Waals surface area contributed by atoms with Crippen molar-refractivity contribution in [3.63, 3.8) is 0 Å². The van der Waals surface area contributed by atoms with Gasteiger partial charge in [0.25, 0.3) is 0 Å². The van der Waals surface area contributed by atoms with Crippen LogP contribution in [0.3, 0.4) is 0 Å². The first-order valence-electron chi connectivity index (χ1n) is 6.63. The Morgan fingerprint density at radius 3 is 2.42 bits per heavy atom. The van der Waals surface area contributed by atoms with Crippen LogP contribution in [-0.2, 0) is 10.0 Å². The van der Waals surface area contributed by atoms with E-state index in [4.69, 9.17) is 5.73 Å². The van der Waals surface area contributed by atoms with Gasteiger partial charge in [0.2, 0.25) is 10.0 Å². The van der Waals surface area contributed by atoms with Crippen molar-refractivity contribution in [3.05, 3.63) is 24.3 Å². The van der Waals surface area contributed by atoms with Crippen LogP contribution in [0.1, 0.15) is 19.8 Å². The van der Waals surface area contributed by atoms with Crippen molar-refractivity contribution in [2.45, 2.75) is 30.7 Å². The predicted octanol–water partition coefficient (Wildman–Crippen LogP) is 1.13. The molecule has 1 unspecified atom stereocenters. The first-order chi connectivity index (χ1) is 9.06. The highest BCUT2D eigenvalue weighted by atomic mass is 32.2. The minimum absolute atomic E-state index is 0.288. The average molecular weight is 283 g/mol. The van der Waals surface area contributed by atoms with E-state index in [0.717, 1.165) is 5.69 Å². The van der Waals surface area contributed by atoms with Crippen LogP contribution in [0.4, 0.5) is 5.69 Å². The zero-order valence-electron chi connectivity index (χ0n) is 11.1. The Kier molecular flexibility index (Phi) is 4.44. The molecule has 1 fully saturated rings. The van der Waals surface area contributed by atoms with Gasteiger partial charge in [-0.2, -0.15) is 0 Å². The van der Waals surface area contributed by atoms with Crippen molar-refractivity contribution < 1.29 is 8.42 Å². The van der Waals surface area contributed by atoms with E-state index in [1.807, 2.05) is 0 Å². The average Bonchev–Trinajstić information content (AvgIpc) is 3.21. The largest absolute Gasteiger partial charge is 0.381 e. The lowest BCUT2D eigenvalue weighted by atomic mass is 10.1. The summed E-state index contributed by atoms with van der Waals surface area (Å²) in [7, 11) is -3.37. The SMILES string of the molecule is CCNS(=O)(=O)c1ccc(NC(CN)C2CC2)cc1. The summed E-state index contributed by atoms with van der Waals surface area (Å²) in [6, 6.07) is 7.09. The van der Waals surface area contributed by atoms with Crippen molar-refractivity contribution in [2.75, 3.05) is 18.4 Å². The van der Waals surface area contributed by atoms with Crippen molar-refractivity contribution in [1.29, 1.82) is 0 Å². The van der Waals surface area contributed by atoms with Crippen LogP contribution >= 0.6 is 0 Å². The highest BCUT2D eigenvalue weighted by Gasteiger charge is 2.30. The van der Waals surface area contributed by atoms with Gasteiger partial charge in [-0.15, -0.1) is 0 Å². The van der Waals surface area contributed by atoms with E-state index >= 15 is 0 Å². The molecule has 5 nitrogen and oxygen atoms in total. The number of hydrogen-bond acceptors (Lipinski definition) is 4. The van der Waals surface area contributed by atoms with Gasteiger partial charge in [0.1, 0.15) is 0 Å². The van der Waals surface area contributed by atoms with E-state index in [0.29, 0.717) is 19.0 Å². The number of nitrogens with one attached hydrogen (secondary N) is 2. The maximum absolute atomic E-state index is 11.8. The maximum atomic E-state index is 11.8. The fourth-order valence-corrected chi connectivity index (χ4v) is 3.13. The Hall–Kier alpha value is -1.11. The van der Waals surface area contributed by atoms with E-state index in [1.165, 1.54) is 12.8 Å². The van der Waals surface area contributed by atoms with Gasteiger partial charge in [-0.05, 0) is 43.0 Å². The number of benzene rings is 1. The lowest BCUT2D eigenvalue weighted by Crippen LogP contribution is -2.30. The number of sulfonamides is 1. The molecule has 1 aromatic carbocycles. The number of hydrogen-bond donors (Lipinski definition) is 3. The summed E-state index contributed by atoms with van der Waals surface area (Å²) in [4.78, 5) is 0.288. The molecule has 106 valence electrons. The van der Waals surface area contributed by atoms with Gasteiger partial charge in [0, 0.05) is 24.8 Å². The van der Waals surface area contributed by atoms with E-state index in [2.05, 4.69) is 10.0 Å². The first-order valence-corrected chi connectivity index (χ1v) is 8.11. The van der Waals surface area contributed by atoms with Crippen LogP contribution in [0, 0.1) is 5.92 Å². The fraction of sp³-hybridized carbons (Fsp3) is 0.538. The Bertz CT molecular complexity index is 509. The molecule has 0 saturated heterocycles. The monoisotopic (exact) mass is 283 g/mol. The summed E-state index contributed by atoms with van der Waals surface area (Å²) < 4.78 is 26.0. The van der Waals surface area contributed by atoms with Crippen LogP contribution in [0.15, 0.2) is 29.2 Å². The third-order valence-corrected chi connectivity index (χ3v) is 4.86. The summed E-state index contributed by atoms with van der Waals surface area (Å²) in [5.74, 6) is 0.662. The number of rotatable bonds is 7. The second-order valence-electron chi connectivity index (χ2n) is 4.85. The van der Waals surface area contributed by atoms with Gasteiger partial charge in [0.05, 0.1) is 4.90 Å². The smallest absolute Gasteiger partial charge is 0.240 e. The molecule has 4 N–H and O–H groups in total. The number of nitrogens with two attached hydrogens (primary N) is 1. The Morgan fingerprint density at radius 2 is 1.95 bits per heavy atom. The fourth-order valence-electron chi connectivity index (χ4n) is 2.09. The van der Waals surface area contributed by atoms with E-state index in [1.54, 1.807) is 31.2 Å². The van der Waals surface area contributed by atoms with Gasteiger partial charge in [-0.25, -0.2) is 13.1 Å². The van der Waals surface area contributed by atoms with Crippen molar-refractivity contribution >= 4 is 15.7 Å². The van der Waals surface area contributed by atoms with Gasteiger partial charge >= 0.3 is 0 Å². The topological polar surface area (TPSA) is 84.2 Å². The summed E-state index contributed by atoms with van der Waals surface area (Å²) in [5.41, 5.74) is 6.65. The molecule has 1 aromatic rings. The molecule has 0 amide bonds. The van der Waals surface area contributed by atoms with Gasteiger partial charge in [-0.3, -0.25) is 0 Å². The standard InChI is InChI=1S/C13H21N3O2S/c1-2-15-19(17,18)12-7-5-11(6-8-12)16-13(9-14)10-3-4-10/h5-8,10,13,15-16H,2-4,9,14H2,1H3. The van der Waals surface area contributed by atoms with Gasteiger partial charge in [0.15, 0.2) is 0 Å². The third kappa shape index (κ3) is 3.68. The molecule has 1 aliphatic carbocycles. The highest BCUT2D eigenvalue weighted by Crippen LogP contribution is 2.33. The molecule has 0 heterocycles. The summed E-state index contributed by atoms with van der Waals surface area (Å²) >= 11 is 0. The summed E-state index contributed by atoms with van der Waals surface area (Å²) in [5, 5.41) is 3.36. The second kappa shape index (κ2) is 5.90. The molecule has 0 aromatic heterocycles. The second-order valence-corrected chi connectivity index (χ2v) is 6.62. The summed E-state index contributed by atoms with van der Waals surface area (Å²) in [6.07, 6.45) is 2.45. The lowest BCUT2D eigenvalue weighted by molar-refractivity contribution is 0.584. The highest BCUT2D eigenvalue weighted by molar-refractivity contribution is 7.89. The van der Waals surface area contributed by atoms with Crippen LogP contribution in [0.5, 0.6) is 0 Å². The van der Waals surface area contributed by atoms with Crippen LogP contribution < -0.4 is 15.8 Å². The van der Waals surface area contributed by atoms with Crippen molar-refractivity contribution in [1.82, 2.24) is 4.72 Å². The van der Waals surface area contributed by atoms with Crippen molar-refractivity contribution in [2.24, 2.45) is 11.7 Å². The Labute approximate surface area is 114 Å². The molecular weight excluding hydrogens is 262 g/mol. The Balaban J connectivity index is 2.05. The third-order valence-electron chi connectivity index (χ3n) is 3.30. The Morgan fingerprint density at radius 1 is 1.32 bits per heavy atom. The molecule has 6 heteroatoms. The lowest BCUT2D eigenvalue weighted by Gasteiger charge is -2.17. The maximum Gasteiger partial charge on any atom is 0.240 e. The zero-order valence-corrected chi connectivity index (χ0v) is 11.9. The molecule has 0 radical (unpaired) electrons. The van der Waals surface area contributed by atoms with E-state index in [9.17, 15) is 8.42 Å². The predicted molar refractivity (Wildman–Crippen MR) is 76.5 cm³/mol. The molecule has 0 spiro atoms. The van der Waals surface area contributed by atoms with E-state index < -0.39 is 10.0 Å². The van der Waals surface area contributed by atoms with Crippen LogP contribution in [0.2, 0.25) is 0 Å². The van der Waals surface area contributed by atoms with Crippen molar-refractivity contribution in [3.8, 4) is 0 Å². The van der Waals surface area contributed by atoms with Gasteiger partial charge in [-0.1, -0.05) is 6.92 Å². The molecule has 1 aliphatic rings. The zero-order chi connectivity index (χ0) is 13.9. The molecule has 1 saturated carbocycles. The molecule has 0 bridgehead atoms. The molecule has 1 atom stereocenters. The number of anilines is 1. The quantitative estimate of drug-likeness (QED) is 0.700. The van der Waals surface area contributed by atoms with E-state index in [-0.39, 0.29) is 10.9 Å². The van der Waals surface area contributed by atoms with Crippen LogP contribution in [-0.4, -0.2) is 27.5 Å². The molecule has 19 heavy (non-hydrogen) atoms.